The lowest BCUT2D eigenvalue weighted by Crippen LogP contribution is -2.38. The SMILES string of the molecule is O=C(O)C1CCC(Cl)C([N+](=O)[O-])C1. The van der Waals surface area contributed by atoms with E-state index in [0.717, 1.165) is 0 Å². The monoisotopic (exact) mass is 207 g/mol. The van der Waals surface area contributed by atoms with Gasteiger partial charge in [-0.2, -0.15) is 0 Å². The molecule has 74 valence electrons. The Morgan fingerprint density at radius 2 is 2.15 bits per heavy atom. The highest BCUT2D eigenvalue weighted by atomic mass is 35.5. The first-order chi connectivity index (χ1) is 6.02. The number of hydrogen-bond donors (Lipinski definition) is 1. The van der Waals surface area contributed by atoms with Crippen molar-refractivity contribution in [2.24, 2.45) is 5.92 Å². The van der Waals surface area contributed by atoms with Gasteiger partial charge in [0.15, 0.2) is 0 Å². The maximum atomic E-state index is 10.6. The number of carboxylic acid groups (broad SMARTS) is 1. The predicted octanol–water partition coefficient (Wildman–Crippen LogP) is 1.12. The van der Waals surface area contributed by atoms with Gasteiger partial charge >= 0.3 is 5.97 Å². The van der Waals surface area contributed by atoms with Crippen LogP contribution in [0.25, 0.3) is 0 Å². The van der Waals surface area contributed by atoms with Crippen molar-refractivity contribution >= 4 is 17.6 Å². The van der Waals surface area contributed by atoms with Gasteiger partial charge in [0.2, 0.25) is 6.04 Å². The van der Waals surface area contributed by atoms with E-state index >= 15 is 0 Å². The minimum absolute atomic E-state index is 0.0521. The number of halogens is 1. The molecule has 3 unspecified atom stereocenters. The van der Waals surface area contributed by atoms with Crippen molar-refractivity contribution in [2.45, 2.75) is 30.7 Å². The Morgan fingerprint density at radius 3 is 2.62 bits per heavy atom. The normalized spacial score (nSPS) is 34.1. The highest BCUT2D eigenvalue weighted by Gasteiger charge is 2.39. The van der Waals surface area contributed by atoms with Crippen LogP contribution in [0.15, 0.2) is 0 Å². The van der Waals surface area contributed by atoms with Gasteiger partial charge in [-0.3, -0.25) is 14.9 Å². The van der Waals surface area contributed by atoms with Crippen molar-refractivity contribution in [3.05, 3.63) is 10.1 Å². The van der Waals surface area contributed by atoms with Crippen molar-refractivity contribution in [2.75, 3.05) is 0 Å². The van der Waals surface area contributed by atoms with Gasteiger partial charge in [0, 0.05) is 11.3 Å². The van der Waals surface area contributed by atoms with Gasteiger partial charge in [-0.05, 0) is 12.8 Å². The molecule has 1 rings (SSSR count). The lowest BCUT2D eigenvalue weighted by Gasteiger charge is -2.24. The zero-order valence-corrected chi connectivity index (χ0v) is 7.61. The van der Waals surface area contributed by atoms with Crippen LogP contribution in [0.2, 0.25) is 0 Å². The molecule has 6 heteroatoms. The Labute approximate surface area is 79.8 Å². The molecule has 0 saturated heterocycles. The molecule has 1 aliphatic carbocycles. The Morgan fingerprint density at radius 1 is 1.54 bits per heavy atom. The van der Waals surface area contributed by atoms with Crippen LogP contribution in [-0.2, 0) is 4.79 Å². The summed E-state index contributed by atoms with van der Waals surface area (Å²) in [6.45, 7) is 0. The fourth-order valence-electron chi connectivity index (χ4n) is 1.55. The second-order valence-electron chi connectivity index (χ2n) is 3.22. The summed E-state index contributed by atoms with van der Waals surface area (Å²) < 4.78 is 0. The summed E-state index contributed by atoms with van der Waals surface area (Å²) in [7, 11) is 0. The average molecular weight is 208 g/mol. The van der Waals surface area contributed by atoms with Crippen LogP contribution >= 0.6 is 11.6 Å². The topological polar surface area (TPSA) is 80.4 Å². The van der Waals surface area contributed by atoms with Crippen LogP contribution in [0.4, 0.5) is 0 Å². The molecule has 1 N–H and O–H groups in total. The van der Waals surface area contributed by atoms with Crippen molar-refractivity contribution in [1.29, 1.82) is 0 Å². The van der Waals surface area contributed by atoms with Crippen molar-refractivity contribution in [1.82, 2.24) is 0 Å². The van der Waals surface area contributed by atoms with Crippen molar-refractivity contribution in [3.8, 4) is 0 Å². The lowest BCUT2D eigenvalue weighted by molar-refractivity contribution is -0.526. The third kappa shape index (κ3) is 2.30. The Hall–Kier alpha value is -0.840. The number of aliphatic carboxylic acids is 1. The third-order valence-electron chi connectivity index (χ3n) is 2.35. The largest absolute Gasteiger partial charge is 0.481 e. The number of nitrogens with zero attached hydrogens (tertiary/aromatic N) is 1. The molecule has 13 heavy (non-hydrogen) atoms. The second-order valence-corrected chi connectivity index (χ2v) is 3.78. The van der Waals surface area contributed by atoms with Gasteiger partial charge in [-0.1, -0.05) is 0 Å². The number of carbonyl (C=O) groups is 1. The number of rotatable bonds is 2. The van der Waals surface area contributed by atoms with Crippen LogP contribution in [0.3, 0.4) is 0 Å². The van der Waals surface area contributed by atoms with E-state index in [9.17, 15) is 14.9 Å². The second kappa shape index (κ2) is 3.91. The summed E-state index contributed by atoms with van der Waals surface area (Å²) in [6, 6.07) is -0.906. The number of nitro groups is 1. The summed E-state index contributed by atoms with van der Waals surface area (Å²) in [6.07, 6.45) is 0.897. The van der Waals surface area contributed by atoms with Crippen LogP contribution in [0, 0.1) is 16.0 Å². The van der Waals surface area contributed by atoms with E-state index in [1.807, 2.05) is 0 Å². The van der Waals surface area contributed by atoms with Gasteiger partial charge < -0.3 is 5.11 Å². The summed E-state index contributed by atoms with van der Waals surface area (Å²) in [5.41, 5.74) is 0. The first kappa shape index (κ1) is 10.2. The maximum absolute atomic E-state index is 10.6. The van der Waals surface area contributed by atoms with Crippen molar-refractivity contribution < 1.29 is 14.8 Å². The summed E-state index contributed by atoms with van der Waals surface area (Å²) in [5, 5.41) is 18.6. The highest BCUT2D eigenvalue weighted by Crippen LogP contribution is 2.29. The molecule has 0 aromatic carbocycles. The molecule has 1 saturated carbocycles. The standard InChI is InChI=1S/C7H10ClNO4/c8-5-2-1-4(7(10)11)3-6(5)9(12)13/h4-6H,1-3H2,(H,10,11). The first-order valence-electron chi connectivity index (χ1n) is 4.02. The van der Waals surface area contributed by atoms with Crippen LogP contribution in [0.5, 0.6) is 0 Å². The minimum Gasteiger partial charge on any atom is -0.481 e. The molecule has 0 spiro atoms. The molecular formula is C7H10ClNO4. The van der Waals surface area contributed by atoms with E-state index in [1.165, 1.54) is 0 Å². The Kier molecular flexibility index (Phi) is 3.08. The molecular weight excluding hydrogens is 198 g/mol. The Bertz CT molecular complexity index is 233. The van der Waals surface area contributed by atoms with E-state index in [1.54, 1.807) is 0 Å². The molecule has 0 amide bonds. The highest BCUT2D eigenvalue weighted by molar-refractivity contribution is 6.21. The minimum atomic E-state index is -0.963. The molecule has 5 nitrogen and oxygen atoms in total. The zero-order chi connectivity index (χ0) is 10.0. The molecule has 0 aromatic rings. The molecule has 3 atom stereocenters. The Balaban J connectivity index is 2.63. The van der Waals surface area contributed by atoms with Gasteiger partial charge in [0.1, 0.15) is 5.38 Å². The van der Waals surface area contributed by atoms with E-state index < -0.39 is 28.2 Å². The molecule has 0 aliphatic heterocycles. The van der Waals surface area contributed by atoms with E-state index in [2.05, 4.69) is 0 Å². The van der Waals surface area contributed by atoms with E-state index in [4.69, 9.17) is 16.7 Å². The molecule has 0 aromatic heterocycles. The van der Waals surface area contributed by atoms with Crippen molar-refractivity contribution in [3.63, 3.8) is 0 Å². The summed E-state index contributed by atoms with van der Waals surface area (Å²) >= 11 is 5.71. The first-order valence-corrected chi connectivity index (χ1v) is 4.46. The fourth-order valence-corrected chi connectivity index (χ4v) is 1.87. The predicted molar refractivity (Wildman–Crippen MR) is 45.4 cm³/mol. The number of carboxylic acids is 1. The van der Waals surface area contributed by atoms with Gasteiger partial charge in [-0.25, -0.2) is 0 Å². The number of alkyl halides is 1. The summed E-state index contributed by atoms with van der Waals surface area (Å²) in [5.74, 6) is -1.57. The number of hydrogen-bond acceptors (Lipinski definition) is 3. The van der Waals surface area contributed by atoms with Crippen LogP contribution in [0.1, 0.15) is 19.3 Å². The van der Waals surface area contributed by atoms with E-state index in [-0.39, 0.29) is 6.42 Å². The van der Waals surface area contributed by atoms with Gasteiger partial charge in [-0.15, -0.1) is 11.6 Å². The smallest absolute Gasteiger partial charge is 0.306 e. The van der Waals surface area contributed by atoms with Gasteiger partial charge in [0.05, 0.1) is 5.92 Å². The molecule has 0 radical (unpaired) electrons. The average Bonchev–Trinajstić information content (AvgIpc) is 2.04. The fraction of sp³-hybridized carbons (Fsp3) is 0.857. The molecule has 0 heterocycles. The van der Waals surface area contributed by atoms with Crippen LogP contribution in [-0.4, -0.2) is 27.4 Å². The quantitative estimate of drug-likeness (QED) is 0.418. The van der Waals surface area contributed by atoms with Gasteiger partial charge in [0.25, 0.3) is 0 Å². The van der Waals surface area contributed by atoms with E-state index in [0.29, 0.717) is 12.8 Å². The maximum Gasteiger partial charge on any atom is 0.306 e. The molecule has 0 bridgehead atoms. The molecule has 1 aliphatic rings. The third-order valence-corrected chi connectivity index (χ3v) is 2.86. The lowest BCUT2D eigenvalue weighted by atomic mass is 9.86. The summed E-state index contributed by atoms with van der Waals surface area (Å²) in [4.78, 5) is 20.5. The molecule has 1 fully saturated rings. The zero-order valence-electron chi connectivity index (χ0n) is 6.85. The van der Waals surface area contributed by atoms with Crippen LogP contribution < -0.4 is 0 Å².